The maximum atomic E-state index is 13.2. The summed E-state index contributed by atoms with van der Waals surface area (Å²) in [7, 11) is 4.16. The Morgan fingerprint density at radius 2 is 2.15 bits per heavy atom. The standard InChI is InChI=1S/C15H23F2N3/c1-19(9-12-4-3-7-20(12)2)10-15(18)11-5-6-13(16)14(17)8-11/h5-6,8,12,15H,3-4,7,9-10,18H2,1-2H3. The summed E-state index contributed by atoms with van der Waals surface area (Å²) in [5, 5.41) is 0. The van der Waals surface area contributed by atoms with Crippen molar-refractivity contribution in [3.8, 4) is 0 Å². The maximum Gasteiger partial charge on any atom is 0.159 e. The number of likely N-dealkylation sites (N-methyl/N-ethyl adjacent to an activating group) is 2. The lowest BCUT2D eigenvalue weighted by Gasteiger charge is -2.27. The average Bonchev–Trinajstić information content (AvgIpc) is 2.78. The van der Waals surface area contributed by atoms with Crippen LogP contribution in [-0.2, 0) is 0 Å². The predicted octanol–water partition coefficient (Wildman–Crippen LogP) is 1.99. The Bertz CT molecular complexity index is 453. The first-order valence-corrected chi connectivity index (χ1v) is 7.06. The first-order chi connectivity index (χ1) is 9.47. The predicted molar refractivity (Wildman–Crippen MR) is 76.4 cm³/mol. The van der Waals surface area contributed by atoms with Crippen LogP contribution in [0.2, 0.25) is 0 Å². The second-order valence-electron chi connectivity index (χ2n) is 5.78. The van der Waals surface area contributed by atoms with E-state index in [0.717, 1.165) is 19.2 Å². The van der Waals surface area contributed by atoms with Crippen molar-refractivity contribution in [2.24, 2.45) is 5.73 Å². The molecule has 1 aliphatic heterocycles. The number of nitrogens with two attached hydrogens (primary N) is 1. The van der Waals surface area contributed by atoms with Crippen LogP contribution in [-0.4, -0.2) is 49.6 Å². The highest BCUT2D eigenvalue weighted by Gasteiger charge is 2.22. The third kappa shape index (κ3) is 3.75. The van der Waals surface area contributed by atoms with E-state index in [9.17, 15) is 8.78 Å². The summed E-state index contributed by atoms with van der Waals surface area (Å²) >= 11 is 0. The van der Waals surface area contributed by atoms with Crippen molar-refractivity contribution in [1.82, 2.24) is 9.80 Å². The number of benzene rings is 1. The van der Waals surface area contributed by atoms with Crippen LogP contribution in [0.5, 0.6) is 0 Å². The molecule has 1 aliphatic rings. The molecule has 112 valence electrons. The minimum atomic E-state index is -0.837. The van der Waals surface area contributed by atoms with Crippen LogP contribution in [0.15, 0.2) is 18.2 Å². The van der Waals surface area contributed by atoms with E-state index in [0.29, 0.717) is 18.2 Å². The SMILES string of the molecule is CN(CC(N)c1ccc(F)c(F)c1)CC1CCCN1C. The quantitative estimate of drug-likeness (QED) is 0.897. The van der Waals surface area contributed by atoms with Gasteiger partial charge in [-0.3, -0.25) is 0 Å². The molecule has 0 radical (unpaired) electrons. The molecule has 1 aromatic rings. The summed E-state index contributed by atoms with van der Waals surface area (Å²) in [6, 6.07) is 4.14. The molecule has 1 aromatic carbocycles. The van der Waals surface area contributed by atoms with Crippen LogP contribution in [0.25, 0.3) is 0 Å². The van der Waals surface area contributed by atoms with Gasteiger partial charge in [0, 0.05) is 25.2 Å². The smallest absolute Gasteiger partial charge is 0.159 e. The van der Waals surface area contributed by atoms with Gasteiger partial charge >= 0.3 is 0 Å². The van der Waals surface area contributed by atoms with E-state index >= 15 is 0 Å². The van der Waals surface area contributed by atoms with Crippen molar-refractivity contribution < 1.29 is 8.78 Å². The van der Waals surface area contributed by atoms with Crippen molar-refractivity contribution >= 4 is 0 Å². The van der Waals surface area contributed by atoms with Gasteiger partial charge in [0.05, 0.1) is 0 Å². The summed E-state index contributed by atoms with van der Waals surface area (Å²) in [6.07, 6.45) is 2.45. The van der Waals surface area contributed by atoms with Gasteiger partial charge in [-0.1, -0.05) is 6.07 Å². The van der Waals surface area contributed by atoms with Crippen LogP contribution in [0.1, 0.15) is 24.4 Å². The molecule has 0 spiro atoms. The number of hydrogen-bond acceptors (Lipinski definition) is 3. The lowest BCUT2D eigenvalue weighted by molar-refractivity contribution is 0.213. The van der Waals surface area contributed by atoms with E-state index in [1.54, 1.807) is 6.07 Å². The Labute approximate surface area is 119 Å². The lowest BCUT2D eigenvalue weighted by Crippen LogP contribution is -2.39. The molecule has 1 heterocycles. The molecule has 0 aromatic heterocycles. The normalized spacial score (nSPS) is 21.6. The third-order valence-electron chi connectivity index (χ3n) is 4.07. The van der Waals surface area contributed by atoms with Gasteiger partial charge in [-0.05, 0) is 51.2 Å². The monoisotopic (exact) mass is 283 g/mol. The summed E-state index contributed by atoms with van der Waals surface area (Å²) in [5.41, 5.74) is 6.71. The van der Waals surface area contributed by atoms with Gasteiger partial charge in [0.25, 0.3) is 0 Å². The topological polar surface area (TPSA) is 32.5 Å². The number of halogens is 2. The molecule has 0 amide bonds. The molecule has 0 aliphatic carbocycles. The van der Waals surface area contributed by atoms with E-state index in [1.807, 2.05) is 7.05 Å². The molecule has 1 fully saturated rings. The van der Waals surface area contributed by atoms with E-state index in [-0.39, 0.29) is 6.04 Å². The van der Waals surface area contributed by atoms with Gasteiger partial charge in [-0.2, -0.15) is 0 Å². The van der Waals surface area contributed by atoms with Gasteiger partial charge in [-0.25, -0.2) is 8.78 Å². The summed E-state index contributed by atoms with van der Waals surface area (Å²) < 4.78 is 26.1. The highest BCUT2D eigenvalue weighted by molar-refractivity contribution is 5.21. The molecule has 5 heteroatoms. The molecule has 20 heavy (non-hydrogen) atoms. The molecular formula is C15H23F2N3. The molecule has 0 bridgehead atoms. The molecule has 2 N–H and O–H groups in total. The Balaban J connectivity index is 1.89. The fourth-order valence-corrected chi connectivity index (χ4v) is 2.83. The third-order valence-corrected chi connectivity index (χ3v) is 4.07. The second-order valence-corrected chi connectivity index (χ2v) is 5.78. The Kier molecular flexibility index (Phi) is 5.07. The number of likely N-dealkylation sites (tertiary alicyclic amines) is 1. The molecular weight excluding hydrogens is 260 g/mol. The molecule has 2 rings (SSSR count). The second kappa shape index (κ2) is 6.61. The zero-order chi connectivity index (χ0) is 14.7. The van der Waals surface area contributed by atoms with Crippen LogP contribution >= 0.6 is 0 Å². The van der Waals surface area contributed by atoms with Crippen molar-refractivity contribution in [3.63, 3.8) is 0 Å². The Morgan fingerprint density at radius 1 is 1.40 bits per heavy atom. The zero-order valence-electron chi connectivity index (χ0n) is 12.1. The lowest BCUT2D eigenvalue weighted by atomic mass is 10.1. The van der Waals surface area contributed by atoms with Crippen LogP contribution in [0.3, 0.4) is 0 Å². The zero-order valence-corrected chi connectivity index (χ0v) is 12.1. The van der Waals surface area contributed by atoms with E-state index < -0.39 is 11.6 Å². The van der Waals surface area contributed by atoms with Gasteiger partial charge in [-0.15, -0.1) is 0 Å². The highest BCUT2D eigenvalue weighted by atomic mass is 19.2. The van der Waals surface area contributed by atoms with Crippen LogP contribution < -0.4 is 5.73 Å². The Morgan fingerprint density at radius 3 is 2.75 bits per heavy atom. The minimum absolute atomic E-state index is 0.304. The summed E-state index contributed by atoms with van der Waals surface area (Å²) in [5.74, 6) is -1.67. The fourth-order valence-electron chi connectivity index (χ4n) is 2.83. The first kappa shape index (κ1) is 15.4. The first-order valence-electron chi connectivity index (χ1n) is 7.06. The molecule has 0 saturated carbocycles. The van der Waals surface area contributed by atoms with E-state index in [2.05, 4.69) is 16.8 Å². The highest BCUT2D eigenvalue weighted by Crippen LogP contribution is 2.18. The van der Waals surface area contributed by atoms with Crippen LogP contribution in [0.4, 0.5) is 8.78 Å². The van der Waals surface area contributed by atoms with Gasteiger partial charge < -0.3 is 15.5 Å². The summed E-state index contributed by atoms with van der Waals surface area (Å²) in [4.78, 5) is 4.53. The maximum absolute atomic E-state index is 13.2. The van der Waals surface area contributed by atoms with Gasteiger partial charge in [0.1, 0.15) is 0 Å². The molecule has 2 unspecified atom stereocenters. The van der Waals surface area contributed by atoms with E-state index in [4.69, 9.17) is 5.73 Å². The van der Waals surface area contributed by atoms with Crippen molar-refractivity contribution in [2.75, 3.05) is 33.7 Å². The number of hydrogen-bond donors (Lipinski definition) is 1. The van der Waals surface area contributed by atoms with Crippen molar-refractivity contribution in [1.29, 1.82) is 0 Å². The number of nitrogens with zero attached hydrogens (tertiary/aromatic N) is 2. The minimum Gasteiger partial charge on any atom is -0.323 e. The summed E-state index contributed by atoms with van der Waals surface area (Å²) in [6.45, 7) is 2.73. The van der Waals surface area contributed by atoms with Crippen molar-refractivity contribution in [2.45, 2.75) is 24.9 Å². The molecule has 3 nitrogen and oxygen atoms in total. The largest absolute Gasteiger partial charge is 0.323 e. The van der Waals surface area contributed by atoms with Gasteiger partial charge in [0.15, 0.2) is 11.6 Å². The molecule has 2 atom stereocenters. The van der Waals surface area contributed by atoms with Gasteiger partial charge in [0.2, 0.25) is 0 Å². The average molecular weight is 283 g/mol. The van der Waals surface area contributed by atoms with Crippen LogP contribution in [0, 0.1) is 11.6 Å². The fraction of sp³-hybridized carbons (Fsp3) is 0.600. The van der Waals surface area contributed by atoms with E-state index in [1.165, 1.54) is 18.9 Å². The number of rotatable bonds is 5. The van der Waals surface area contributed by atoms with Crippen molar-refractivity contribution in [3.05, 3.63) is 35.4 Å². The molecule has 1 saturated heterocycles. The Hall–Kier alpha value is -1.04.